The fraction of sp³-hybridized carbons (Fsp3) is 0.208. The Morgan fingerprint density at radius 1 is 0.714 bits per heavy atom. The van der Waals surface area contributed by atoms with Gasteiger partial charge in [0.25, 0.3) is 0 Å². The Labute approximate surface area is 166 Å². The van der Waals surface area contributed by atoms with Gasteiger partial charge in [-0.2, -0.15) is 5.26 Å². The van der Waals surface area contributed by atoms with Crippen molar-refractivity contribution in [3.05, 3.63) is 95.3 Å². The number of benzene rings is 3. The molecule has 0 bridgehead atoms. The summed E-state index contributed by atoms with van der Waals surface area (Å²) in [6.45, 7) is 0. The lowest BCUT2D eigenvalue weighted by molar-refractivity contribution is 0.621. The summed E-state index contributed by atoms with van der Waals surface area (Å²) in [5.74, 6) is -0.355. The SMILES string of the molecule is CN(C)c1ccc(C(C#N)(c2ccc(N(C)C)cc2)c2cccc(F)c2)cc1. The first-order chi connectivity index (χ1) is 13.4. The van der Waals surface area contributed by atoms with Crippen LogP contribution in [0.2, 0.25) is 0 Å². The molecule has 3 rings (SSSR count). The van der Waals surface area contributed by atoms with E-state index in [1.54, 1.807) is 6.07 Å². The van der Waals surface area contributed by atoms with Crippen molar-refractivity contribution in [2.45, 2.75) is 5.41 Å². The van der Waals surface area contributed by atoms with Crippen LogP contribution in [0.25, 0.3) is 0 Å². The van der Waals surface area contributed by atoms with E-state index in [4.69, 9.17) is 0 Å². The zero-order valence-corrected chi connectivity index (χ0v) is 16.6. The summed E-state index contributed by atoms with van der Waals surface area (Å²) in [6, 6.07) is 24.5. The monoisotopic (exact) mass is 373 g/mol. The topological polar surface area (TPSA) is 30.3 Å². The lowest BCUT2D eigenvalue weighted by atomic mass is 9.70. The number of hydrogen-bond acceptors (Lipinski definition) is 3. The molecule has 3 aromatic carbocycles. The normalized spacial score (nSPS) is 11.0. The van der Waals surface area contributed by atoms with Crippen molar-refractivity contribution in [3.63, 3.8) is 0 Å². The minimum absolute atomic E-state index is 0.355. The van der Waals surface area contributed by atoms with Gasteiger partial charge in [0.1, 0.15) is 11.2 Å². The number of rotatable bonds is 5. The number of nitriles is 1. The fourth-order valence-electron chi connectivity index (χ4n) is 3.43. The maximum absolute atomic E-state index is 14.1. The van der Waals surface area contributed by atoms with Crippen LogP contribution in [-0.2, 0) is 5.41 Å². The lowest BCUT2D eigenvalue weighted by Crippen LogP contribution is -2.28. The highest BCUT2D eigenvalue weighted by atomic mass is 19.1. The predicted molar refractivity (Wildman–Crippen MR) is 113 cm³/mol. The van der Waals surface area contributed by atoms with Crippen molar-refractivity contribution in [2.75, 3.05) is 38.0 Å². The molecule has 0 spiro atoms. The van der Waals surface area contributed by atoms with Crippen LogP contribution in [0.15, 0.2) is 72.8 Å². The van der Waals surface area contributed by atoms with E-state index in [2.05, 4.69) is 6.07 Å². The summed E-state index contributed by atoms with van der Waals surface area (Å²) in [5.41, 5.74) is 3.21. The average molecular weight is 373 g/mol. The summed E-state index contributed by atoms with van der Waals surface area (Å²) in [6.07, 6.45) is 0. The third-order valence-corrected chi connectivity index (χ3v) is 5.06. The van der Waals surface area contributed by atoms with E-state index in [-0.39, 0.29) is 5.82 Å². The van der Waals surface area contributed by atoms with Crippen LogP contribution in [0.1, 0.15) is 16.7 Å². The molecule has 0 aliphatic rings. The molecule has 0 N–H and O–H groups in total. The summed E-state index contributed by atoms with van der Waals surface area (Å²) < 4.78 is 14.1. The molecule has 0 heterocycles. The average Bonchev–Trinajstić information content (AvgIpc) is 2.70. The Morgan fingerprint density at radius 3 is 1.54 bits per heavy atom. The van der Waals surface area contributed by atoms with E-state index in [0.717, 1.165) is 22.5 Å². The van der Waals surface area contributed by atoms with E-state index in [1.165, 1.54) is 12.1 Å². The highest BCUT2D eigenvalue weighted by molar-refractivity contribution is 5.60. The van der Waals surface area contributed by atoms with Gasteiger partial charge in [-0.15, -0.1) is 0 Å². The minimum atomic E-state index is -1.10. The van der Waals surface area contributed by atoms with Gasteiger partial charge >= 0.3 is 0 Å². The Balaban J connectivity index is 2.25. The first-order valence-corrected chi connectivity index (χ1v) is 9.11. The molecule has 0 unspecified atom stereocenters. The molecule has 3 nitrogen and oxygen atoms in total. The van der Waals surface area contributed by atoms with Gasteiger partial charge in [0, 0.05) is 39.6 Å². The van der Waals surface area contributed by atoms with Gasteiger partial charge in [-0.05, 0) is 53.1 Å². The number of halogens is 1. The number of nitrogens with zero attached hydrogens (tertiary/aromatic N) is 3. The van der Waals surface area contributed by atoms with Crippen molar-refractivity contribution < 1.29 is 4.39 Å². The number of hydrogen-bond donors (Lipinski definition) is 0. The molecule has 0 aromatic heterocycles. The molecule has 0 amide bonds. The summed E-state index contributed by atoms with van der Waals surface area (Å²) in [4.78, 5) is 4.01. The molecule has 0 saturated heterocycles. The van der Waals surface area contributed by atoms with Gasteiger partial charge in [0.15, 0.2) is 0 Å². The maximum atomic E-state index is 14.1. The van der Waals surface area contributed by atoms with Crippen LogP contribution in [0.4, 0.5) is 15.8 Å². The molecule has 0 aliphatic heterocycles. The second kappa shape index (κ2) is 7.74. The highest BCUT2D eigenvalue weighted by Gasteiger charge is 2.37. The summed E-state index contributed by atoms with van der Waals surface area (Å²) in [7, 11) is 7.89. The first kappa shape index (κ1) is 19.4. The van der Waals surface area contributed by atoms with Gasteiger partial charge in [-0.25, -0.2) is 4.39 Å². The molecule has 3 aromatic rings. The highest BCUT2D eigenvalue weighted by Crippen LogP contribution is 2.40. The van der Waals surface area contributed by atoms with Gasteiger partial charge < -0.3 is 9.80 Å². The van der Waals surface area contributed by atoms with Crippen LogP contribution < -0.4 is 9.80 Å². The van der Waals surface area contributed by atoms with Crippen molar-refractivity contribution in [3.8, 4) is 6.07 Å². The van der Waals surface area contributed by atoms with Crippen molar-refractivity contribution in [1.29, 1.82) is 5.26 Å². The van der Waals surface area contributed by atoms with Crippen LogP contribution in [0, 0.1) is 17.1 Å². The molecule has 4 heteroatoms. The molecule has 0 radical (unpaired) electrons. The second-order valence-corrected chi connectivity index (χ2v) is 7.25. The van der Waals surface area contributed by atoms with Gasteiger partial charge in [-0.1, -0.05) is 36.4 Å². The van der Waals surface area contributed by atoms with E-state index >= 15 is 0 Å². The Kier molecular flexibility index (Phi) is 5.37. The van der Waals surface area contributed by atoms with Gasteiger partial charge in [0.2, 0.25) is 0 Å². The van der Waals surface area contributed by atoms with Crippen LogP contribution in [-0.4, -0.2) is 28.2 Å². The largest absolute Gasteiger partial charge is 0.378 e. The van der Waals surface area contributed by atoms with Crippen LogP contribution in [0.3, 0.4) is 0 Å². The van der Waals surface area contributed by atoms with Crippen LogP contribution in [0.5, 0.6) is 0 Å². The van der Waals surface area contributed by atoms with E-state index in [0.29, 0.717) is 5.56 Å². The predicted octanol–water partition coefficient (Wildman–Crippen LogP) is 4.82. The van der Waals surface area contributed by atoms with Crippen molar-refractivity contribution >= 4 is 11.4 Å². The second-order valence-electron chi connectivity index (χ2n) is 7.25. The van der Waals surface area contributed by atoms with E-state index < -0.39 is 5.41 Å². The third-order valence-electron chi connectivity index (χ3n) is 5.06. The molecular weight excluding hydrogens is 349 g/mol. The zero-order chi connectivity index (χ0) is 20.3. The van der Waals surface area contributed by atoms with E-state index in [1.807, 2.05) is 92.6 Å². The minimum Gasteiger partial charge on any atom is -0.378 e. The van der Waals surface area contributed by atoms with Crippen molar-refractivity contribution in [1.82, 2.24) is 0 Å². The first-order valence-electron chi connectivity index (χ1n) is 9.11. The molecule has 0 aliphatic carbocycles. The number of anilines is 2. The smallest absolute Gasteiger partial charge is 0.132 e. The lowest BCUT2D eigenvalue weighted by Gasteiger charge is -2.29. The molecule has 28 heavy (non-hydrogen) atoms. The van der Waals surface area contributed by atoms with Crippen molar-refractivity contribution in [2.24, 2.45) is 0 Å². The zero-order valence-electron chi connectivity index (χ0n) is 16.6. The summed E-state index contributed by atoms with van der Waals surface area (Å²) >= 11 is 0. The molecule has 0 saturated carbocycles. The van der Waals surface area contributed by atoms with Crippen LogP contribution >= 0.6 is 0 Å². The third kappa shape index (κ3) is 3.44. The Hall–Kier alpha value is -3.32. The maximum Gasteiger partial charge on any atom is 0.132 e. The Bertz CT molecular complexity index is 932. The molecule has 0 atom stereocenters. The van der Waals surface area contributed by atoms with Gasteiger partial charge in [-0.3, -0.25) is 0 Å². The molecular formula is C24H24FN3. The summed E-state index contributed by atoms with van der Waals surface area (Å²) in [5, 5.41) is 10.4. The van der Waals surface area contributed by atoms with Gasteiger partial charge in [0.05, 0.1) is 6.07 Å². The molecule has 0 fully saturated rings. The quantitative estimate of drug-likeness (QED) is 0.601. The fourth-order valence-corrected chi connectivity index (χ4v) is 3.43. The standard InChI is InChI=1S/C24H24FN3/c1-27(2)22-12-8-18(9-13-22)24(17-26,20-6-5-7-21(25)16-20)19-10-14-23(15-11-19)28(3)4/h5-16H,1-4H3. The molecule has 142 valence electrons. The van der Waals surface area contributed by atoms with E-state index in [9.17, 15) is 9.65 Å². The Morgan fingerprint density at radius 2 is 1.18 bits per heavy atom.